The van der Waals surface area contributed by atoms with E-state index in [0.29, 0.717) is 11.1 Å². The molecule has 3 aromatic carbocycles. The van der Waals surface area contributed by atoms with Crippen LogP contribution in [0.5, 0.6) is 0 Å². The molecule has 6 heteroatoms. The highest BCUT2D eigenvalue weighted by molar-refractivity contribution is 7.99. The topological polar surface area (TPSA) is 68.0 Å². The van der Waals surface area contributed by atoms with Crippen molar-refractivity contribution in [1.29, 1.82) is 0 Å². The number of hydrogen-bond donors (Lipinski definition) is 1. The minimum absolute atomic E-state index is 0.107. The molecule has 0 radical (unpaired) electrons. The average molecular weight is 389 g/mol. The number of aromatic nitrogens is 2. The van der Waals surface area contributed by atoms with E-state index in [4.69, 9.17) is 4.42 Å². The van der Waals surface area contributed by atoms with E-state index in [-0.39, 0.29) is 11.7 Å². The number of fused-ring (bicyclic) bond motifs is 1. The first-order valence-electron chi connectivity index (χ1n) is 8.92. The predicted molar refractivity (Wildman–Crippen MR) is 113 cm³/mol. The summed E-state index contributed by atoms with van der Waals surface area (Å²) >= 11 is 1.22. The largest absolute Gasteiger partial charge is 0.411 e. The molecule has 4 rings (SSSR count). The Bertz CT molecular complexity index is 1150. The normalized spacial score (nSPS) is 10.9. The van der Waals surface area contributed by atoms with Gasteiger partial charge in [0, 0.05) is 11.3 Å². The Kier molecular flexibility index (Phi) is 5.12. The second kappa shape index (κ2) is 7.86. The fraction of sp³-hybridized carbons (Fsp3) is 0.136. The number of thioether (sulfide) groups is 1. The van der Waals surface area contributed by atoms with Gasteiger partial charge in [0.1, 0.15) is 0 Å². The molecule has 0 atom stereocenters. The summed E-state index contributed by atoms with van der Waals surface area (Å²) in [6.45, 7) is 4.01. The van der Waals surface area contributed by atoms with Crippen LogP contribution < -0.4 is 5.32 Å². The summed E-state index contributed by atoms with van der Waals surface area (Å²) in [4.78, 5) is 12.3. The Morgan fingerprint density at radius 2 is 1.82 bits per heavy atom. The Hall–Kier alpha value is -3.12. The third-order valence-corrected chi connectivity index (χ3v) is 5.43. The summed E-state index contributed by atoms with van der Waals surface area (Å²) in [5.74, 6) is 0.541. The SMILES string of the molecule is Cc1cccc(NC(=O)CSc2nnc(-c3ccc4ccccc4c3)o2)c1C. The first-order chi connectivity index (χ1) is 13.6. The number of carbonyl (C=O) groups excluding carboxylic acids is 1. The molecule has 0 fully saturated rings. The molecule has 4 aromatic rings. The third-order valence-electron chi connectivity index (χ3n) is 4.61. The van der Waals surface area contributed by atoms with E-state index in [9.17, 15) is 4.79 Å². The lowest BCUT2D eigenvalue weighted by atomic mass is 10.1. The Labute approximate surface area is 167 Å². The second-order valence-corrected chi connectivity index (χ2v) is 7.45. The first kappa shape index (κ1) is 18.3. The van der Waals surface area contributed by atoms with Gasteiger partial charge in [0.15, 0.2) is 0 Å². The summed E-state index contributed by atoms with van der Waals surface area (Å²) in [6.07, 6.45) is 0. The average Bonchev–Trinajstić information content (AvgIpc) is 3.19. The van der Waals surface area contributed by atoms with E-state index in [1.165, 1.54) is 11.8 Å². The van der Waals surface area contributed by atoms with Crippen LogP contribution in [0.3, 0.4) is 0 Å². The molecule has 0 bridgehead atoms. The number of carbonyl (C=O) groups is 1. The van der Waals surface area contributed by atoms with Crippen LogP contribution in [-0.4, -0.2) is 21.9 Å². The molecule has 0 aliphatic rings. The van der Waals surface area contributed by atoms with Gasteiger partial charge in [-0.05, 0) is 53.9 Å². The van der Waals surface area contributed by atoms with Crippen LogP contribution in [0.15, 0.2) is 70.3 Å². The first-order valence-corrected chi connectivity index (χ1v) is 9.90. The molecule has 0 spiro atoms. The van der Waals surface area contributed by atoms with Crippen LogP contribution in [-0.2, 0) is 4.79 Å². The fourth-order valence-electron chi connectivity index (χ4n) is 2.91. The highest BCUT2D eigenvalue weighted by Gasteiger charge is 2.12. The standard InChI is InChI=1S/C22H19N3O2S/c1-14-6-5-9-19(15(14)2)23-20(26)13-28-22-25-24-21(27-22)18-11-10-16-7-3-4-8-17(16)12-18/h3-12H,13H2,1-2H3,(H,23,26). The van der Waals surface area contributed by atoms with Crippen molar-refractivity contribution in [3.05, 3.63) is 71.8 Å². The van der Waals surface area contributed by atoms with Gasteiger partial charge in [0.05, 0.1) is 5.75 Å². The van der Waals surface area contributed by atoms with Crippen LogP contribution in [0.2, 0.25) is 0 Å². The molecule has 0 saturated heterocycles. The summed E-state index contributed by atoms with van der Waals surface area (Å²) in [5, 5.41) is 13.7. The van der Waals surface area contributed by atoms with E-state index >= 15 is 0 Å². The van der Waals surface area contributed by atoms with Crippen molar-refractivity contribution in [1.82, 2.24) is 10.2 Å². The highest BCUT2D eigenvalue weighted by Crippen LogP contribution is 2.26. The molecular formula is C22H19N3O2S. The molecule has 140 valence electrons. The molecule has 1 amide bonds. The van der Waals surface area contributed by atoms with E-state index in [1.807, 2.05) is 68.4 Å². The molecule has 1 aromatic heterocycles. The highest BCUT2D eigenvalue weighted by atomic mass is 32.2. The van der Waals surface area contributed by atoms with E-state index in [0.717, 1.165) is 33.2 Å². The molecule has 0 aliphatic carbocycles. The van der Waals surface area contributed by atoms with E-state index in [1.54, 1.807) is 0 Å². The predicted octanol–water partition coefficient (Wildman–Crippen LogP) is 5.24. The summed E-state index contributed by atoms with van der Waals surface area (Å²) in [7, 11) is 0. The molecule has 1 heterocycles. The van der Waals surface area contributed by atoms with Gasteiger partial charge in [-0.3, -0.25) is 4.79 Å². The fourth-order valence-corrected chi connectivity index (χ4v) is 3.47. The van der Waals surface area contributed by atoms with Crippen LogP contribution in [0.25, 0.3) is 22.2 Å². The van der Waals surface area contributed by atoms with Crippen molar-refractivity contribution in [2.75, 3.05) is 11.1 Å². The Morgan fingerprint density at radius 3 is 2.68 bits per heavy atom. The molecule has 0 aliphatic heterocycles. The van der Waals surface area contributed by atoms with Crippen molar-refractivity contribution >= 4 is 34.1 Å². The van der Waals surface area contributed by atoms with Crippen LogP contribution in [0.1, 0.15) is 11.1 Å². The minimum atomic E-state index is -0.107. The lowest BCUT2D eigenvalue weighted by Crippen LogP contribution is -2.15. The summed E-state index contributed by atoms with van der Waals surface area (Å²) < 4.78 is 5.72. The van der Waals surface area contributed by atoms with Gasteiger partial charge in [-0.1, -0.05) is 54.2 Å². The van der Waals surface area contributed by atoms with Gasteiger partial charge in [-0.25, -0.2) is 0 Å². The van der Waals surface area contributed by atoms with E-state index in [2.05, 4.69) is 21.6 Å². The maximum Gasteiger partial charge on any atom is 0.277 e. The minimum Gasteiger partial charge on any atom is -0.411 e. The lowest BCUT2D eigenvalue weighted by molar-refractivity contribution is -0.113. The van der Waals surface area contributed by atoms with Crippen LogP contribution >= 0.6 is 11.8 Å². The molecule has 28 heavy (non-hydrogen) atoms. The van der Waals surface area contributed by atoms with Gasteiger partial charge in [-0.2, -0.15) is 0 Å². The van der Waals surface area contributed by atoms with Gasteiger partial charge in [0.25, 0.3) is 5.22 Å². The number of nitrogens with zero attached hydrogens (tertiary/aromatic N) is 2. The molecule has 0 saturated carbocycles. The van der Waals surface area contributed by atoms with Crippen molar-refractivity contribution in [3.63, 3.8) is 0 Å². The summed E-state index contributed by atoms with van der Waals surface area (Å²) in [6, 6.07) is 20.0. The number of rotatable bonds is 5. The number of nitrogens with one attached hydrogen (secondary N) is 1. The maximum absolute atomic E-state index is 12.3. The second-order valence-electron chi connectivity index (χ2n) is 6.52. The number of amides is 1. The van der Waals surface area contributed by atoms with Gasteiger partial charge in [-0.15, -0.1) is 10.2 Å². The number of anilines is 1. The molecule has 5 nitrogen and oxygen atoms in total. The molecule has 1 N–H and O–H groups in total. The van der Waals surface area contributed by atoms with Gasteiger partial charge < -0.3 is 9.73 Å². The van der Waals surface area contributed by atoms with Crippen LogP contribution in [0, 0.1) is 13.8 Å². The zero-order valence-corrected chi connectivity index (χ0v) is 16.4. The van der Waals surface area contributed by atoms with Gasteiger partial charge in [0.2, 0.25) is 11.8 Å². The van der Waals surface area contributed by atoms with Crippen molar-refractivity contribution in [3.8, 4) is 11.5 Å². The zero-order chi connectivity index (χ0) is 19.5. The lowest BCUT2D eigenvalue weighted by Gasteiger charge is -2.09. The third kappa shape index (κ3) is 3.92. The quantitative estimate of drug-likeness (QED) is 0.473. The smallest absolute Gasteiger partial charge is 0.277 e. The van der Waals surface area contributed by atoms with Gasteiger partial charge >= 0.3 is 0 Å². The van der Waals surface area contributed by atoms with Crippen molar-refractivity contribution in [2.24, 2.45) is 0 Å². The number of hydrogen-bond acceptors (Lipinski definition) is 5. The van der Waals surface area contributed by atoms with Crippen LogP contribution in [0.4, 0.5) is 5.69 Å². The number of benzene rings is 3. The zero-order valence-electron chi connectivity index (χ0n) is 15.6. The monoisotopic (exact) mass is 389 g/mol. The van der Waals surface area contributed by atoms with E-state index < -0.39 is 0 Å². The summed E-state index contributed by atoms with van der Waals surface area (Å²) in [5.41, 5.74) is 3.89. The Morgan fingerprint density at radius 1 is 1.00 bits per heavy atom. The maximum atomic E-state index is 12.3. The van der Waals surface area contributed by atoms with Crippen molar-refractivity contribution in [2.45, 2.75) is 19.1 Å². The molecule has 0 unspecified atom stereocenters. The van der Waals surface area contributed by atoms with Crippen molar-refractivity contribution < 1.29 is 9.21 Å². The number of aryl methyl sites for hydroxylation is 1. The molecular weight excluding hydrogens is 370 g/mol. The Balaban J connectivity index is 1.41.